The number of carbonyl (C=O) groups excluding carboxylic acids is 1. The van der Waals surface area contributed by atoms with Crippen molar-refractivity contribution in [3.63, 3.8) is 0 Å². The molecule has 1 saturated carbocycles. The van der Waals surface area contributed by atoms with Crippen LogP contribution in [-0.4, -0.2) is 36.6 Å². The van der Waals surface area contributed by atoms with Crippen molar-refractivity contribution in [2.45, 2.75) is 70.6 Å². The maximum absolute atomic E-state index is 12.7. The summed E-state index contributed by atoms with van der Waals surface area (Å²) in [4.78, 5) is 12.5. The summed E-state index contributed by atoms with van der Waals surface area (Å²) in [5.74, 6) is -0.918. The normalized spacial score (nSPS) is 21.7. The zero-order valence-electron chi connectivity index (χ0n) is 15.8. The molecule has 1 aliphatic heterocycles. The summed E-state index contributed by atoms with van der Waals surface area (Å²) in [5, 5.41) is 2.82. The number of alkyl halides is 3. The molecule has 1 aromatic rings. The van der Waals surface area contributed by atoms with E-state index >= 15 is 0 Å². The predicted octanol–water partition coefficient (Wildman–Crippen LogP) is 3.17. The second kappa shape index (κ2) is 6.70. The fourth-order valence-electron chi connectivity index (χ4n) is 2.88. The minimum Gasteiger partial charge on any atom is -0.406 e. The van der Waals surface area contributed by atoms with E-state index < -0.39 is 36.3 Å². The molecule has 2 fully saturated rings. The molecule has 0 bridgehead atoms. The molecule has 148 valence electrons. The summed E-state index contributed by atoms with van der Waals surface area (Å²) >= 11 is 0. The molecule has 0 spiro atoms. The second-order valence-electron chi connectivity index (χ2n) is 8.03. The summed E-state index contributed by atoms with van der Waals surface area (Å²) in [6.45, 7) is 7.36. The van der Waals surface area contributed by atoms with Crippen molar-refractivity contribution >= 4 is 18.5 Å². The van der Waals surface area contributed by atoms with E-state index in [1.165, 1.54) is 12.1 Å². The van der Waals surface area contributed by atoms with Crippen molar-refractivity contribution in [2.24, 2.45) is 0 Å². The smallest absolute Gasteiger partial charge is 0.406 e. The Hall–Kier alpha value is -1.74. The maximum atomic E-state index is 12.7. The van der Waals surface area contributed by atoms with Gasteiger partial charge < -0.3 is 19.4 Å². The van der Waals surface area contributed by atoms with Gasteiger partial charge in [0.1, 0.15) is 5.75 Å². The number of nitrogens with one attached hydrogen (secondary N) is 1. The summed E-state index contributed by atoms with van der Waals surface area (Å²) in [5.41, 5.74) is -0.942. The Labute approximate surface area is 156 Å². The zero-order valence-corrected chi connectivity index (χ0v) is 15.8. The van der Waals surface area contributed by atoms with Crippen LogP contribution >= 0.6 is 0 Å². The Morgan fingerprint density at radius 3 is 2.22 bits per heavy atom. The molecule has 0 aromatic heterocycles. The van der Waals surface area contributed by atoms with Crippen LogP contribution in [0, 0.1) is 0 Å². The number of benzene rings is 1. The Kier molecular flexibility index (Phi) is 4.97. The predicted molar refractivity (Wildman–Crippen MR) is 93.9 cm³/mol. The lowest BCUT2D eigenvalue weighted by Gasteiger charge is -2.32. The van der Waals surface area contributed by atoms with Crippen LogP contribution in [0.4, 0.5) is 13.2 Å². The van der Waals surface area contributed by atoms with E-state index in [4.69, 9.17) is 9.31 Å². The van der Waals surface area contributed by atoms with Crippen molar-refractivity contribution < 1.29 is 32.0 Å². The first-order valence-corrected chi connectivity index (χ1v) is 8.93. The van der Waals surface area contributed by atoms with Crippen LogP contribution in [0.3, 0.4) is 0 Å². The van der Waals surface area contributed by atoms with Crippen LogP contribution in [0.25, 0.3) is 0 Å². The van der Waals surface area contributed by atoms with Gasteiger partial charge in [-0.15, -0.1) is 13.2 Å². The van der Waals surface area contributed by atoms with Crippen molar-refractivity contribution in [3.05, 3.63) is 23.8 Å². The Bertz CT molecular complexity index is 716. The topological polar surface area (TPSA) is 56.8 Å². The van der Waals surface area contributed by atoms with E-state index in [1.54, 1.807) is 0 Å². The third kappa shape index (κ3) is 4.40. The average molecular weight is 385 g/mol. The molecule has 3 rings (SSSR count). The van der Waals surface area contributed by atoms with Gasteiger partial charge in [-0.2, -0.15) is 0 Å². The van der Waals surface area contributed by atoms with Gasteiger partial charge in [0.25, 0.3) is 5.91 Å². The highest BCUT2D eigenvalue weighted by molar-refractivity contribution is 6.62. The lowest BCUT2D eigenvalue weighted by molar-refractivity contribution is -0.274. The van der Waals surface area contributed by atoms with E-state index in [9.17, 15) is 18.0 Å². The highest BCUT2D eigenvalue weighted by Gasteiger charge is 2.52. The van der Waals surface area contributed by atoms with E-state index in [0.29, 0.717) is 5.46 Å². The quantitative estimate of drug-likeness (QED) is 0.810. The van der Waals surface area contributed by atoms with E-state index in [0.717, 1.165) is 25.3 Å². The Balaban J connectivity index is 1.91. The highest BCUT2D eigenvalue weighted by Crippen LogP contribution is 2.37. The summed E-state index contributed by atoms with van der Waals surface area (Å²) < 4.78 is 54.0. The number of hydrogen-bond donors (Lipinski definition) is 1. The molecule has 1 amide bonds. The molecule has 1 saturated heterocycles. The fraction of sp³-hybridized carbons (Fsp3) is 0.611. The number of carbonyl (C=O) groups is 1. The largest absolute Gasteiger partial charge is 0.573 e. The summed E-state index contributed by atoms with van der Waals surface area (Å²) in [7, 11) is -0.901. The number of rotatable bonds is 4. The SMILES string of the molecule is CC1(C)OB(c2cc(OC(F)(F)F)cc(C(=O)NC3CCC3)c2)OC1(C)C. The van der Waals surface area contributed by atoms with Gasteiger partial charge in [-0.3, -0.25) is 4.79 Å². The van der Waals surface area contributed by atoms with Gasteiger partial charge in [0.15, 0.2) is 0 Å². The number of hydrogen-bond acceptors (Lipinski definition) is 4. The molecular weight excluding hydrogens is 362 g/mol. The third-order valence-corrected chi connectivity index (χ3v) is 5.39. The van der Waals surface area contributed by atoms with Crippen LogP contribution in [0.2, 0.25) is 0 Å². The lowest BCUT2D eigenvalue weighted by atomic mass is 9.78. The van der Waals surface area contributed by atoms with Gasteiger partial charge in [0.2, 0.25) is 0 Å². The zero-order chi connectivity index (χ0) is 20.0. The molecule has 27 heavy (non-hydrogen) atoms. The number of halogens is 3. The van der Waals surface area contributed by atoms with Crippen molar-refractivity contribution in [3.8, 4) is 5.75 Å². The van der Waals surface area contributed by atoms with E-state index in [1.807, 2.05) is 27.7 Å². The van der Waals surface area contributed by atoms with E-state index in [2.05, 4.69) is 10.1 Å². The molecule has 0 radical (unpaired) electrons. The lowest BCUT2D eigenvalue weighted by Crippen LogP contribution is -2.41. The number of ether oxygens (including phenoxy) is 1. The molecule has 9 heteroatoms. The minimum absolute atomic E-state index is 0.0602. The first-order valence-electron chi connectivity index (χ1n) is 8.93. The molecular formula is C18H23BF3NO4. The maximum Gasteiger partial charge on any atom is 0.573 e. The average Bonchev–Trinajstić information content (AvgIpc) is 2.69. The second-order valence-corrected chi connectivity index (χ2v) is 8.03. The van der Waals surface area contributed by atoms with Crippen LogP contribution in [0.15, 0.2) is 18.2 Å². The first kappa shape index (κ1) is 20.0. The van der Waals surface area contributed by atoms with Crippen molar-refractivity contribution in [1.29, 1.82) is 0 Å². The van der Waals surface area contributed by atoms with Gasteiger partial charge in [0.05, 0.1) is 11.2 Å². The first-order chi connectivity index (χ1) is 12.4. The van der Waals surface area contributed by atoms with Crippen LogP contribution in [-0.2, 0) is 9.31 Å². The van der Waals surface area contributed by atoms with Crippen molar-refractivity contribution in [1.82, 2.24) is 5.32 Å². The molecule has 0 atom stereocenters. The molecule has 1 aliphatic carbocycles. The molecule has 1 aromatic carbocycles. The van der Waals surface area contributed by atoms with Crippen LogP contribution in [0.1, 0.15) is 57.3 Å². The van der Waals surface area contributed by atoms with Crippen LogP contribution < -0.4 is 15.5 Å². The van der Waals surface area contributed by atoms with Gasteiger partial charge >= 0.3 is 13.5 Å². The highest BCUT2D eigenvalue weighted by atomic mass is 19.4. The van der Waals surface area contributed by atoms with Crippen molar-refractivity contribution in [2.75, 3.05) is 0 Å². The Morgan fingerprint density at radius 2 is 1.74 bits per heavy atom. The fourth-order valence-corrected chi connectivity index (χ4v) is 2.88. The molecule has 1 N–H and O–H groups in total. The molecule has 2 aliphatic rings. The molecule has 1 heterocycles. The van der Waals surface area contributed by atoms with Gasteiger partial charge in [-0.25, -0.2) is 0 Å². The van der Waals surface area contributed by atoms with Gasteiger partial charge in [0, 0.05) is 11.6 Å². The number of amides is 1. The standard InChI is InChI=1S/C18H23BF3NO4/c1-16(2)17(3,4)27-19(26-16)12-8-11(15(24)23-13-6-5-7-13)9-14(10-12)25-18(20,21)22/h8-10,13H,5-7H2,1-4H3,(H,23,24). The van der Waals surface area contributed by atoms with Crippen LogP contribution in [0.5, 0.6) is 5.75 Å². The summed E-state index contributed by atoms with van der Waals surface area (Å²) in [6, 6.07) is 3.82. The molecule has 5 nitrogen and oxygen atoms in total. The molecule has 0 unspecified atom stereocenters. The minimum atomic E-state index is -4.86. The third-order valence-electron chi connectivity index (χ3n) is 5.39. The summed E-state index contributed by atoms with van der Waals surface area (Å²) in [6.07, 6.45) is -2.10. The Morgan fingerprint density at radius 1 is 1.15 bits per heavy atom. The van der Waals surface area contributed by atoms with Gasteiger partial charge in [-0.1, -0.05) is 0 Å². The monoisotopic (exact) mass is 385 g/mol. The van der Waals surface area contributed by atoms with Gasteiger partial charge in [-0.05, 0) is 70.6 Å². The van der Waals surface area contributed by atoms with E-state index in [-0.39, 0.29) is 11.6 Å².